The average Bonchev–Trinajstić information content (AvgIpc) is 2.62. The van der Waals surface area contributed by atoms with Crippen molar-refractivity contribution in [2.24, 2.45) is 0 Å². The molecule has 2 fully saturated rings. The molecule has 0 saturated carbocycles. The third kappa shape index (κ3) is 1.38. The molecule has 2 nitrogen and oxygen atoms in total. The van der Waals surface area contributed by atoms with Gasteiger partial charge in [0.25, 0.3) is 0 Å². The van der Waals surface area contributed by atoms with Crippen molar-refractivity contribution >= 4 is 0 Å². The van der Waals surface area contributed by atoms with Gasteiger partial charge in [0.15, 0.2) is 0 Å². The Balaban J connectivity index is 1.96. The summed E-state index contributed by atoms with van der Waals surface area (Å²) in [6, 6.07) is 0.688. The third-order valence-electron chi connectivity index (χ3n) is 3.26. The highest BCUT2D eigenvalue weighted by atomic mass is 16.5. The van der Waals surface area contributed by atoms with Gasteiger partial charge in [-0.15, -0.1) is 0 Å². The van der Waals surface area contributed by atoms with Crippen molar-refractivity contribution in [3.05, 3.63) is 0 Å². The smallest absolute Gasteiger partial charge is 0.0821 e. The van der Waals surface area contributed by atoms with Gasteiger partial charge >= 0.3 is 0 Å². The molecule has 1 atom stereocenters. The molecule has 0 aromatic carbocycles. The fourth-order valence-electron chi connectivity index (χ4n) is 2.39. The minimum atomic E-state index is 0.268. The zero-order chi connectivity index (χ0) is 8.60. The molecule has 1 spiro atoms. The zero-order valence-corrected chi connectivity index (χ0v) is 8.18. The Morgan fingerprint density at radius 1 is 1.33 bits per heavy atom. The lowest BCUT2D eigenvalue weighted by Crippen LogP contribution is -2.35. The summed E-state index contributed by atoms with van der Waals surface area (Å²) in [4.78, 5) is 2.53. The normalized spacial score (nSPS) is 37.2. The lowest BCUT2D eigenvalue weighted by atomic mass is 10.00. The second-order valence-corrected chi connectivity index (χ2v) is 4.45. The number of likely N-dealkylation sites (tertiary alicyclic amines) is 1. The second kappa shape index (κ2) is 3.00. The van der Waals surface area contributed by atoms with Crippen LogP contribution < -0.4 is 0 Å². The van der Waals surface area contributed by atoms with Gasteiger partial charge in [0, 0.05) is 25.7 Å². The van der Waals surface area contributed by atoms with E-state index in [1.54, 1.807) is 0 Å². The Kier molecular flexibility index (Phi) is 2.13. The molecule has 2 aliphatic rings. The van der Waals surface area contributed by atoms with E-state index in [-0.39, 0.29) is 5.60 Å². The highest BCUT2D eigenvalue weighted by Crippen LogP contribution is 2.35. The van der Waals surface area contributed by atoms with Crippen molar-refractivity contribution in [3.63, 3.8) is 0 Å². The van der Waals surface area contributed by atoms with Crippen LogP contribution >= 0.6 is 0 Å². The molecule has 2 rings (SSSR count). The molecule has 0 aromatic rings. The summed E-state index contributed by atoms with van der Waals surface area (Å²) in [5.41, 5.74) is 0.268. The van der Waals surface area contributed by atoms with Crippen LogP contribution in [0.5, 0.6) is 0 Å². The van der Waals surface area contributed by atoms with Crippen LogP contribution in [0.15, 0.2) is 0 Å². The van der Waals surface area contributed by atoms with Crippen molar-refractivity contribution in [3.8, 4) is 0 Å². The molecule has 1 unspecified atom stereocenters. The largest absolute Gasteiger partial charge is 0.374 e. The van der Waals surface area contributed by atoms with Gasteiger partial charge in [-0.05, 0) is 33.1 Å². The summed E-state index contributed by atoms with van der Waals surface area (Å²) in [6.45, 7) is 7.94. The van der Waals surface area contributed by atoms with Gasteiger partial charge in [-0.2, -0.15) is 0 Å². The van der Waals surface area contributed by atoms with E-state index in [1.807, 2.05) is 0 Å². The molecule has 2 heteroatoms. The molecule has 2 heterocycles. The summed E-state index contributed by atoms with van der Waals surface area (Å²) in [5.74, 6) is 0. The molecule has 0 bridgehead atoms. The van der Waals surface area contributed by atoms with E-state index in [0.717, 1.165) is 6.61 Å². The van der Waals surface area contributed by atoms with Gasteiger partial charge in [0.2, 0.25) is 0 Å². The quantitative estimate of drug-likeness (QED) is 0.592. The van der Waals surface area contributed by atoms with Gasteiger partial charge in [0.1, 0.15) is 0 Å². The van der Waals surface area contributed by atoms with Gasteiger partial charge in [0.05, 0.1) is 5.60 Å². The molecule has 2 aliphatic heterocycles. The first-order valence-electron chi connectivity index (χ1n) is 5.10. The maximum absolute atomic E-state index is 5.84. The predicted octanol–water partition coefficient (Wildman–Crippen LogP) is 1.65. The molecule has 0 N–H and O–H groups in total. The number of nitrogens with zero attached hydrogens (tertiary/aromatic N) is 1. The van der Waals surface area contributed by atoms with Crippen LogP contribution in [0.4, 0.5) is 0 Å². The summed E-state index contributed by atoms with van der Waals surface area (Å²) in [5, 5.41) is 0. The van der Waals surface area contributed by atoms with E-state index in [2.05, 4.69) is 18.7 Å². The highest BCUT2D eigenvalue weighted by molar-refractivity contribution is 4.95. The van der Waals surface area contributed by atoms with Gasteiger partial charge < -0.3 is 4.74 Å². The number of ether oxygens (including phenoxy) is 1. The van der Waals surface area contributed by atoms with Crippen molar-refractivity contribution in [2.75, 3.05) is 19.7 Å². The SMILES string of the molecule is CC(C)N1CCC2(CCCO2)C1. The Morgan fingerprint density at radius 2 is 2.17 bits per heavy atom. The summed E-state index contributed by atoms with van der Waals surface area (Å²) >= 11 is 0. The van der Waals surface area contributed by atoms with Crippen LogP contribution in [0.25, 0.3) is 0 Å². The summed E-state index contributed by atoms with van der Waals surface area (Å²) in [7, 11) is 0. The molecule has 2 saturated heterocycles. The fraction of sp³-hybridized carbons (Fsp3) is 1.00. The molecule has 0 aliphatic carbocycles. The number of rotatable bonds is 1. The minimum Gasteiger partial charge on any atom is -0.374 e. The van der Waals surface area contributed by atoms with Crippen molar-refractivity contribution in [2.45, 2.75) is 44.8 Å². The maximum atomic E-state index is 5.84. The lowest BCUT2D eigenvalue weighted by molar-refractivity contribution is 0.0104. The van der Waals surface area contributed by atoms with Crippen LogP contribution in [-0.2, 0) is 4.74 Å². The average molecular weight is 169 g/mol. The van der Waals surface area contributed by atoms with Gasteiger partial charge in [-0.1, -0.05) is 0 Å². The van der Waals surface area contributed by atoms with E-state index in [0.29, 0.717) is 6.04 Å². The number of hydrogen-bond donors (Lipinski definition) is 0. The van der Waals surface area contributed by atoms with E-state index in [1.165, 1.54) is 32.4 Å². The van der Waals surface area contributed by atoms with E-state index < -0.39 is 0 Å². The number of hydrogen-bond acceptors (Lipinski definition) is 2. The van der Waals surface area contributed by atoms with E-state index >= 15 is 0 Å². The first-order valence-corrected chi connectivity index (χ1v) is 5.10. The van der Waals surface area contributed by atoms with Crippen LogP contribution in [0, 0.1) is 0 Å². The molecule has 70 valence electrons. The van der Waals surface area contributed by atoms with Crippen LogP contribution in [0.1, 0.15) is 33.1 Å². The van der Waals surface area contributed by atoms with Crippen molar-refractivity contribution in [1.82, 2.24) is 4.90 Å². The monoisotopic (exact) mass is 169 g/mol. The van der Waals surface area contributed by atoms with Crippen LogP contribution in [0.3, 0.4) is 0 Å². The first kappa shape index (κ1) is 8.52. The molecule has 0 radical (unpaired) electrons. The van der Waals surface area contributed by atoms with Crippen molar-refractivity contribution < 1.29 is 4.74 Å². The molecule has 0 amide bonds. The highest BCUT2D eigenvalue weighted by Gasteiger charge is 2.41. The Bertz CT molecular complexity index is 161. The topological polar surface area (TPSA) is 12.5 Å². The van der Waals surface area contributed by atoms with Crippen molar-refractivity contribution in [1.29, 1.82) is 0 Å². The molecular formula is C10H19NO. The second-order valence-electron chi connectivity index (χ2n) is 4.45. The Morgan fingerprint density at radius 3 is 2.67 bits per heavy atom. The van der Waals surface area contributed by atoms with Crippen LogP contribution in [-0.4, -0.2) is 36.2 Å². The third-order valence-corrected chi connectivity index (χ3v) is 3.26. The van der Waals surface area contributed by atoms with Gasteiger partial charge in [-0.3, -0.25) is 4.90 Å². The Labute approximate surface area is 74.9 Å². The molecule has 0 aromatic heterocycles. The molecular weight excluding hydrogens is 150 g/mol. The first-order chi connectivity index (χ1) is 5.72. The van der Waals surface area contributed by atoms with Gasteiger partial charge in [-0.25, -0.2) is 0 Å². The summed E-state index contributed by atoms with van der Waals surface area (Å²) in [6.07, 6.45) is 3.81. The lowest BCUT2D eigenvalue weighted by Gasteiger charge is -2.25. The summed E-state index contributed by atoms with van der Waals surface area (Å²) < 4.78 is 5.84. The van der Waals surface area contributed by atoms with Crippen LogP contribution in [0.2, 0.25) is 0 Å². The standard InChI is InChI=1S/C10H19NO/c1-9(2)11-6-5-10(8-11)4-3-7-12-10/h9H,3-8H2,1-2H3. The fourth-order valence-corrected chi connectivity index (χ4v) is 2.39. The van der Waals surface area contributed by atoms with E-state index in [9.17, 15) is 0 Å². The minimum absolute atomic E-state index is 0.268. The predicted molar refractivity (Wildman–Crippen MR) is 49.2 cm³/mol. The molecule has 12 heavy (non-hydrogen) atoms. The maximum Gasteiger partial charge on any atom is 0.0821 e. The zero-order valence-electron chi connectivity index (χ0n) is 8.18. The Hall–Kier alpha value is -0.0800. The van der Waals surface area contributed by atoms with E-state index in [4.69, 9.17) is 4.74 Å².